The molecule has 1 atom stereocenters. The van der Waals surface area contributed by atoms with Gasteiger partial charge in [0.15, 0.2) is 0 Å². The van der Waals surface area contributed by atoms with Crippen molar-refractivity contribution in [3.63, 3.8) is 0 Å². The Labute approximate surface area is 112 Å². The van der Waals surface area contributed by atoms with Gasteiger partial charge in [0.1, 0.15) is 0 Å². The van der Waals surface area contributed by atoms with Gasteiger partial charge in [-0.05, 0) is 37.2 Å². The lowest BCUT2D eigenvalue weighted by Gasteiger charge is -2.30. The van der Waals surface area contributed by atoms with Crippen LogP contribution in [0.15, 0.2) is 30.3 Å². The molecular formula is C17H27N. The van der Waals surface area contributed by atoms with Gasteiger partial charge in [0.2, 0.25) is 0 Å². The van der Waals surface area contributed by atoms with E-state index in [1.807, 2.05) is 0 Å². The van der Waals surface area contributed by atoms with Gasteiger partial charge in [0.25, 0.3) is 0 Å². The van der Waals surface area contributed by atoms with Crippen LogP contribution >= 0.6 is 0 Å². The smallest absolute Gasteiger partial charge is 0.0153 e. The SMILES string of the molecule is CC(C)C(CNC1(C)CCCC1)c1ccccc1. The minimum Gasteiger partial charge on any atom is -0.311 e. The molecule has 0 spiro atoms. The highest BCUT2D eigenvalue weighted by Gasteiger charge is 2.29. The molecule has 100 valence electrons. The molecule has 1 nitrogen and oxygen atoms in total. The summed E-state index contributed by atoms with van der Waals surface area (Å²) >= 11 is 0. The summed E-state index contributed by atoms with van der Waals surface area (Å²) in [6.45, 7) is 8.16. The van der Waals surface area contributed by atoms with Crippen molar-refractivity contribution in [2.24, 2.45) is 5.92 Å². The lowest BCUT2D eigenvalue weighted by atomic mass is 9.87. The quantitative estimate of drug-likeness (QED) is 0.813. The second-order valence-electron chi connectivity index (χ2n) is 6.41. The Bertz CT molecular complexity index is 349. The molecule has 1 aliphatic carbocycles. The van der Waals surface area contributed by atoms with Crippen LogP contribution < -0.4 is 5.32 Å². The minimum absolute atomic E-state index is 0.391. The lowest BCUT2D eigenvalue weighted by molar-refractivity contribution is 0.331. The molecule has 1 saturated carbocycles. The molecule has 0 amide bonds. The van der Waals surface area contributed by atoms with E-state index in [2.05, 4.69) is 56.4 Å². The standard InChI is InChI=1S/C17H27N/c1-14(2)16(15-9-5-4-6-10-15)13-18-17(3)11-7-8-12-17/h4-6,9-10,14,16,18H,7-8,11-13H2,1-3H3. The molecule has 1 unspecified atom stereocenters. The van der Waals surface area contributed by atoms with Gasteiger partial charge in [-0.2, -0.15) is 0 Å². The van der Waals surface area contributed by atoms with Crippen LogP contribution in [0.3, 0.4) is 0 Å². The van der Waals surface area contributed by atoms with E-state index in [0.717, 1.165) is 6.54 Å². The van der Waals surface area contributed by atoms with Crippen LogP contribution in [0.25, 0.3) is 0 Å². The molecule has 1 fully saturated rings. The third-order valence-corrected chi connectivity index (χ3v) is 4.49. The summed E-state index contributed by atoms with van der Waals surface area (Å²) in [5, 5.41) is 3.84. The first-order valence-corrected chi connectivity index (χ1v) is 7.41. The molecule has 1 aromatic rings. The topological polar surface area (TPSA) is 12.0 Å². The van der Waals surface area contributed by atoms with Gasteiger partial charge in [-0.15, -0.1) is 0 Å². The Balaban J connectivity index is 1.99. The third kappa shape index (κ3) is 3.35. The highest BCUT2D eigenvalue weighted by Crippen LogP contribution is 2.31. The van der Waals surface area contributed by atoms with Gasteiger partial charge < -0.3 is 5.32 Å². The largest absolute Gasteiger partial charge is 0.311 e. The molecule has 0 bridgehead atoms. The second-order valence-corrected chi connectivity index (χ2v) is 6.41. The molecule has 2 rings (SSSR count). The highest BCUT2D eigenvalue weighted by molar-refractivity contribution is 5.20. The van der Waals surface area contributed by atoms with Gasteiger partial charge in [-0.1, -0.05) is 57.0 Å². The van der Waals surface area contributed by atoms with Crippen LogP contribution in [0.1, 0.15) is 57.9 Å². The highest BCUT2D eigenvalue weighted by atomic mass is 15.0. The summed E-state index contributed by atoms with van der Waals surface area (Å²) < 4.78 is 0. The Morgan fingerprint density at radius 2 is 1.72 bits per heavy atom. The maximum absolute atomic E-state index is 3.84. The van der Waals surface area contributed by atoms with Gasteiger partial charge in [0.05, 0.1) is 0 Å². The van der Waals surface area contributed by atoms with Gasteiger partial charge in [0, 0.05) is 12.1 Å². The number of benzene rings is 1. The summed E-state index contributed by atoms with van der Waals surface area (Å²) in [4.78, 5) is 0. The van der Waals surface area contributed by atoms with Crippen molar-refractivity contribution >= 4 is 0 Å². The fourth-order valence-corrected chi connectivity index (χ4v) is 3.13. The van der Waals surface area contributed by atoms with E-state index in [9.17, 15) is 0 Å². The zero-order valence-corrected chi connectivity index (χ0v) is 12.1. The van der Waals surface area contributed by atoms with E-state index in [-0.39, 0.29) is 0 Å². The van der Waals surface area contributed by atoms with E-state index in [1.54, 1.807) is 0 Å². The molecule has 0 aliphatic heterocycles. The zero-order chi connectivity index (χ0) is 13.0. The Hall–Kier alpha value is -0.820. The normalized spacial score (nSPS) is 20.2. The summed E-state index contributed by atoms with van der Waals surface area (Å²) in [5.41, 5.74) is 1.86. The van der Waals surface area contributed by atoms with E-state index in [0.29, 0.717) is 17.4 Å². The van der Waals surface area contributed by atoms with Crippen LogP contribution in [-0.2, 0) is 0 Å². The molecule has 1 aromatic carbocycles. The van der Waals surface area contributed by atoms with Crippen molar-refractivity contribution in [1.29, 1.82) is 0 Å². The first-order chi connectivity index (χ1) is 8.61. The number of hydrogen-bond donors (Lipinski definition) is 1. The predicted molar refractivity (Wildman–Crippen MR) is 78.9 cm³/mol. The van der Waals surface area contributed by atoms with Crippen LogP contribution in [0.2, 0.25) is 0 Å². The van der Waals surface area contributed by atoms with Crippen LogP contribution in [-0.4, -0.2) is 12.1 Å². The average Bonchev–Trinajstić information content (AvgIpc) is 2.78. The van der Waals surface area contributed by atoms with Crippen molar-refractivity contribution in [3.8, 4) is 0 Å². The monoisotopic (exact) mass is 245 g/mol. The zero-order valence-electron chi connectivity index (χ0n) is 12.1. The van der Waals surface area contributed by atoms with Crippen LogP contribution in [0.5, 0.6) is 0 Å². The van der Waals surface area contributed by atoms with Crippen molar-refractivity contribution in [2.45, 2.75) is 57.9 Å². The fraction of sp³-hybridized carbons (Fsp3) is 0.647. The number of nitrogens with one attached hydrogen (secondary N) is 1. The van der Waals surface area contributed by atoms with E-state index in [4.69, 9.17) is 0 Å². The minimum atomic E-state index is 0.391. The first kappa shape index (κ1) is 13.6. The van der Waals surface area contributed by atoms with Crippen molar-refractivity contribution < 1.29 is 0 Å². The van der Waals surface area contributed by atoms with Crippen molar-refractivity contribution in [3.05, 3.63) is 35.9 Å². The predicted octanol–water partition coefficient (Wildman–Crippen LogP) is 4.35. The second kappa shape index (κ2) is 5.88. The van der Waals surface area contributed by atoms with Crippen molar-refractivity contribution in [1.82, 2.24) is 5.32 Å². The lowest BCUT2D eigenvalue weighted by Crippen LogP contribution is -2.42. The Morgan fingerprint density at radius 3 is 2.28 bits per heavy atom. The maximum atomic E-state index is 3.84. The van der Waals surface area contributed by atoms with Gasteiger partial charge in [-0.3, -0.25) is 0 Å². The first-order valence-electron chi connectivity index (χ1n) is 7.41. The van der Waals surface area contributed by atoms with Crippen LogP contribution in [0, 0.1) is 5.92 Å². The van der Waals surface area contributed by atoms with Crippen LogP contribution in [0.4, 0.5) is 0 Å². The number of rotatable bonds is 5. The molecule has 0 aromatic heterocycles. The molecule has 18 heavy (non-hydrogen) atoms. The summed E-state index contributed by atoms with van der Waals surface area (Å²) in [6.07, 6.45) is 5.46. The molecule has 1 N–H and O–H groups in total. The van der Waals surface area contributed by atoms with Gasteiger partial charge >= 0.3 is 0 Å². The molecular weight excluding hydrogens is 218 g/mol. The average molecular weight is 245 g/mol. The molecule has 0 saturated heterocycles. The third-order valence-electron chi connectivity index (χ3n) is 4.49. The number of hydrogen-bond acceptors (Lipinski definition) is 1. The van der Waals surface area contributed by atoms with E-state index in [1.165, 1.54) is 31.2 Å². The molecule has 0 heterocycles. The van der Waals surface area contributed by atoms with E-state index < -0.39 is 0 Å². The summed E-state index contributed by atoms with van der Waals surface area (Å²) in [7, 11) is 0. The Morgan fingerprint density at radius 1 is 1.11 bits per heavy atom. The summed E-state index contributed by atoms with van der Waals surface area (Å²) in [5.74, 6) is 1.31. The Kier molecular flexibility index (Phi) is 4.45. The molecule has 0 radical (unpaired) electrons. The maximum Gasteiger partial charge on any atom is 0.0153 e. The van der Waals surface area contributed by atoms with Gasteiger partial charge in [-0.25, -0.2) is 0 Å². The molecule has 1 heteroatoms. The fourth-order valence-electron chi connectivity index (χ4n) is 3.13. The van der Waals surface area contributed by atoms with Crippen molar-refractivity contribution in [2.75, 3.05) is 6.54 Å². The summed E-state index contributed by atoms with van der Waals surface area (Å²) in [6, 6.07) is 10.9. The van der Waals surface area contributed by atoms with E-state index >= 15 is 0 Å². The molecule has 1 aliphatic rings.